The minimum absolute atomic E-state index is 0.307. The predicted octanol–water partition coefficient (Wildman–Crippen LogP) is 4.27. The fraction of sp³-hybridized carbons (Fsp3) is 0.409. The van der Waals surface area contributed by atoms with Gasteiger partial charge in [0, 0.05) is 0 Å². The minimum atomic E-state index is -0.734. The van der Waals surface area contributed by atoms with E-state index in [0.717, 1.165) is 31.4 Å². The summed E-state index contributed by atoms with van der Waals surface area (Å²) in [7, 11) is 0. The first kappa shape index (κ1) is 20.0. The van der Waals surface area contributed by atoms with E-state index in [-0.39, 0.29) is 5.92 Å². The number of aliphatic carboxylic acids is 1. The lowest BCUT2D eigenvalue weighted by Crippen LogP contribution is -2.17. The monoisotopic (exact) mass is 355 g/mol. The zero-order chi connectivity index (χ0) is 18.6. The number of hydrogen-bond donors (Lipinski definition) is 2. The molecule has 2 aromatic carbocycles. The van der Waals surface area contributed by atoms with Crippen LogP contribution in [0.2, 0.25) is 0 Å². The maximum Gasteiger partial charge on any atom is 0.306 e. The van der Waals surface area contributed by atoms with E-state index >= 15 is 0 Å². The quantitative estimate of drug-likeness (QED) is 0.558. The Morgan fingerprint density at radius 3 is 2.27 bits per heavy atom. The first-order valence-corrected chi connectivity index (χ1v) is 9.37. The summed E-state index contributed by atoms with van der Waals surface area (Å²) in [5, 5.41) is 9.09. The Morgan fingerprint density at radius 1 is 0.923 bits per heavy atom. The lowest BCUT2D eigenvalue weighted by Gasteiger charge is -2.11. The molecule has 0 radical (unpaired) electrons. The Morgan fingerprint density at radius 2 is 1.62 bits per heavy atom. The summed E-state index contributed by atoms with van der Waals surface area (Å²) < 4.78 is 5.78. The van der Waals surface area contributed by atoms with Crippen LogP contribution in [0.4, 0.5) is 0 Å². The van der Waals surface area contributed by atoms with Gasteiger partial charge < -0.3 is 15.6 Å². The van der Waals surface area contributed by atoms with Crippen LogP contribution in [0.15, 0.2) is 54.6 Å². The van der Waals surface area contributed by atoms with Gasteiger partial charge >= 0.3 is 5.97 Å². The van der Waals surface area contributed by atoms with Crippen molar-refractivity contribution in [3.8, 4) is 5.75 Å². The third kappa shape index (κ3) is 7.28. The third-order valence-electron chi connectivity index (χ3n) is 4.50. The Balaban J connectivity index is 1.63. The maximum absolute atomic E-state index is 11.1. The van der Waals surface area contributed by atoms with Gasteiger partial charge in [0.1, 0.15) is 5.75 Å². The van der Waals surface area contributed by atoms with Gasteiger partial charge in [-0.3, -0.25) is 4.79 Å². The van der Waals surface area contributed by atoms with Crippen molar-refractivity contribution >= 4 is 5.97 Å². The highest BCUT2D eigenvalue weighted by molar-refractivity contribution is 5.69. The number of hydrogen-bond acceptors (Lipinski definition) is 3. The molecule has 4 heteroatoms. The molecule has 0 aliphatic rings. The highest BCUT2D eigenvalue weighted by Crippen LogP contribution is 2.17. The largest absolute Gasteiger partial charge is 0.494 e. The average Bonchev–Trinajstić information content (AvgIpc) is 2.65. The fourth-order valence-electron chi connectivity index (χ4n) is 2.99. The Hall–Kier alpha value is -2.33. The number of rotatable bonds is 12. The van der Waals surface area contributed by atoms with Gasteiger partial charge in [0.15, 0.2) is 0 Å². The van der Waals surface area contributed by atoms with Crippen molar-refractivity contribution in [2.75, 3.05) is 13.2 Å². The highest BCUT2D eigenvalue weighted by atomic mass is 16.5. The van der Waals surface area contributed by atoms with E-state index in [0.29, 0.717) is 26.0 Å². The summed E-state index contributed by atoms with van der Waals surface area (Å²) in [6.45, 7) is 1.09. The maximum atomic E-state index is 11.1. The first-order valence-electron chi connectivity index (χ1n) is 9.37. The van der Waals surface area contributed by atoms with Gasteiger partial charge in [0.25, 0.3) is 0 Å². The van der Waals surface area contributed by atoms with E-state index in [1.165, 1.54) is 11.1 Å². The minimum Gasteiger partial charge on any atom is -0.494 e. The summed E-state index contributed by atoms with van der Waals surface area (Å²) in [6, 6.07) is 18.6. The average molecular weight is 355 g/mol. The van der Waals surface area contributed by atoms with E-state index in [1.54, 1.807) is 0 Å². The van der Waals surface area contributed by atoms with Crippen LogP contribution in [0.1, 0.15) is 43.2 Å². The summed E-state index contributed by atoms with van der Waals surface area (Å²) >= 11 is 0. The van der Waals surface area contributed by atoms with Crippen LogP contribution in [-0.4, -0.2) is 24.2 Å². The van der Waals surface area contributed by atoms with Gasteiger partial charge in [0.05, 0.1) is 12.5 Å². The number of nitrogens with two attached hydrogens (primary N) is 1. The van der Waals surface area contributed by atoms with Crippen LogP contribution in [0.3, 0.4) is 0 Å². The standard InChI is InChI=1S/C22H29NO3/c23-15-14-20(22(24)25)9-5-2-6-16-26-21-12-10-19(11-13-21)17-18-7-3-1-4-8-18/h1,3-4,7-8,10-13,20H,2,5-6,9,14-17,23H2,(H,24,25). The fourth-order valence-corrected chi connectivity index (χ4v) is 2.99. The summed E-state index contributed by atoms with van der Waals surface area (Å²) in [4.78, 5) is 11.1. The number of carboxylic acids is 1. The molecule has 26 heavy (non-hydrogen) atoms. The van der Waals surface area contributed by atoms with E-state index < -0.39 is 5.97 Å². The molecule has 4 nitrogen and oxygen atoms in total. The van der Waals surface area contributed by atoms with E-state index in [9.17, 15) is 4.79 Å². The zero-order valence-corrected chi connectivity index (χ0v) is 15.3. The SMILES string of the molecule is NCCC(CCCCCOc1ccc(Cc2ccccc2)cc1)C(=O)O. The number of unbranched alkanes of at least 4 members (excludes halogenated alkanes) is 2. The van der Waals surface area contributed by atoms with Crippen LogP contribution in [0, 0.1) is 5.92 Å². The smallest absolute Gasteiger partial charge is 0.306 e. The van der Waals surface area contributed by atoms with Crippen LogP contribution in [-0.2, 0) is 11.2 Å². The van der Waals surface area contributed by atoms with Crippen molar-refractivity contribution in [2.24, 2.45) is 11.7 Å². The molecular weight excluding hydrogens is 326 g/mol. The van der Waals surface area contributed by atoms with Crippen LogP contribution in [0.25, 0.3) is 0 Å². The van der Waals surface area contributed by atoms with Crippen molar-refractivity contribution < 1.29 is 14.6 Å². The molecule has 3 N–H and O–H groups in total. The van der Waals surface area contributed by atoms with Crippen molar-refractivity contribution in [2.45, 2.75) is 38.5 Å². The zero-order valence-electron chi connectivity index (χ0n) is 15.3. The molecule has 140 valence electrons. The first-order chi connectivity index (χ1) is 12.7. The second-order valence-corrected chi connectivity index (χ2v) is 6.62. The summed E-state index contributed by atoms with van der Waals surface area (Å²) in [5.41, 5.74) is 8.02. The molecular formula is C22H29NO3. The van der Waals surface area contributed by atoms with Crippen LogP contribution >= 0.6 is 0 Å². The lowest BCUT2D eigenvalue weighted by atomic mass is 9.98. The van der Waals surface area contributed by atoms with Gasteiger partial charge in [-0.2, -0.15) is 0 Å². The molecule has 1 unspecified atom stereocenters. The molecule has 0 saturated carbocycles. The number of carbonyl (C=O) groups is 1. The van der Waals surface area contributed by atoms with Gasteiger partial charge in [-0.05, 0) is 55.5 Å². The van der Waals surface area contributed by atoms with Gasteiger partial charge in [-0.1, -0.05) is 55.3 Å². The third-order valence-corrected chi connectivity index (χ3v) is 4.50. The number of ether oxygens (including phenoxy) is 1. The van der Waals surface area contributed by atoms with Crippen molar-refractivity contribution in [1.82, 2.24) is 0 Å². The van der Waals surface area contributed by atoms with Gasteiger partial charge in [-0.25, -0.2) is 0 Å². The van der Waals surface area contributed by atoms with Gasteiger partial charge in [0.2, 0.25) is 0 Å². The molecule has 0 aromatic heterocycles. The molecule has 1 atom stereocenters. The van der Waals surface area contributed by atoms with Crippen molar-refractivity contribution in [3.05, 3.63) is 65.7 Å². The predicted molar refractivity (Wildman–Crippen MR) is 104 cm³/mol. The molecule has 0 aliphatic heterocycles. The Bertz CT molecular complexity index is 640. The number of carboxylic acid groups (broad SMARTS) is 1. The van der Waals surface area contributed by atoms with E-state index in [2.05, 4.69) is 36.4 Å². The van der Waals surface area contributed by atoms with E-state index in [1.807, 2.05) is 18.2 Å². The summed E-state index contributed by atoms with van der Waals surface area (Å²) in [6.07, 6.45) is 4.98. The van der Waals surface area contributed by atoms with Crippen LogP contribution in [0.5, 0.6) is 5.75 Å². The molecule has 0 aliphatic carbocycles. The molecule has 0 saturated heterocycles. The summed E-state index contributed by atoms with van der Waals surface area (Å²) in [5.74, 6) is -0.159. The van der Waals surface area contributed by atoms with Crippen LogP contribution < -0.4 is 10.5 Å². The second kappa shape index (κ2) is 11.3. The molecule has 0 spiro atoms. The Labute approximate surface area is 156 Å². The molecule has 2 rings (SSSR count). The molecule has 0 fully saturated rings. The second-order valence-electron chi connectivity index (χ2n) is 6.62. The lowest BCUT2D eigenvalue weighted by molar-refractivity contribution is -0.142. The topological polar surface area (TPSA) is 72.5 Å². The van der Waals surface area contributed by atoms with E-state index in [4.69, 9.17) is 15.6 Å². The van der Waals surface area contributed by atoms with Gasteiger partial charge in [-0.15, -0.1) is 0 Å². The molecule has 0 heterocycles. The molecule has 0 bridgehead atoms. The van der Waals surface area contributed by atoms with Crippen molar-refractivity contribution in [1.29, 1.82) is 0 Å². The number of benzene rings is 2. The van der Waals surface area contributed by atoms with Crippen molar-refractivity contribution in [3.63, 3.8) is 0 Å². The normalized spacial score (nSPS) is 11.9. The molecule has 2 aromatic rings. The highest BCUT2D eigenvalue weighted by Gasteiger charge is 2.15. The molecule has 0 amide bonds. The Kier molecular flexibility index (Phi) is 8.70.